The molecule has 9 nitrogen and oxygen atoms in total. The smallest absolute Gasteiger partial charge is 0.260 e. The quantitative estimate of drug-likeness (QED) is 0.838. The molecule has 2 aromatic rings. The van der Waals surface area contributed by atoms with Gasteiger partial charge in [-0.3, -0.25) is 4.68 Å². The molecule has 0 unspecified atom stereocenters. The summed E-state index contributed by atoms with van der Waals surface area (Å²) in [6.07, 6.45) is 5.12. The summed E-state index contributed by atoms with van der Waals surface area (Å²) in [7, 11) is -3.73. The first-order chi connectivity index (χ1) is 11.8. The molecule has 4 rings (SSSR count). The Morgan fingerprint density at radius 2 is 2.16 bits per heavy atom. The van der Waals surface area contributed by atoms with Gasteiger partial charge >= 0.3 is 0 Å². The fraction of sp³-hybridized carbons (Fsp3) is 0.667. The van der Waals surface area contributed by atoms with Crippen LogP contribution in [-0.2, 0) is 15.6 Å². The normalized spacial score (nSPS) is 25.1. The summed E-state index contributed by atoms with van der Waals surface area (Å²) in [4.78, 5) is 4.40. The van der Waals surface area contributed by atoms with Crippen LogP contribution in [0.5, 0.6) is 0 Å². The topological polar surface area (TPSA) is 114 Å². The first-order valence-corrected chi connectivity index (χ1v) is 9.84. The van der Waals surface area contributed by atoms with Crippen LogP contribution in [0.2, 0.25) is 0 Å². The van der Waals surface area contributed by atoms with Crippen molar-refractivity contribution >= 4 is 10.0 Å². The fourth-order valence-corrected chi connectivity index (χ4v) is 4.39. The van der Waals surface area contributed by atoms with Crippen molar-refractivity contribution in [2.24, 2.45) is 0 Å². The highest BCUT2D eigenvalue weighted by atomic mass is 32.2. The maximum Gasteiger partial charge on any atom is 0.260 e. The highest BCUT2D eigenvalue weighted by Gasteiger charge is 2.47. The summed E-state index contributed by atoms with van der Waals surface area (Å²) in [6.45, 7) is 3.93. The number of aliphatic hydroxyl groups is 1. The molecule has 1 atom stereocenters. The van der Waals surface area contributed by atoms with E-state index in [-0.39, 0.29) is 36.3 Å². The molecule has 2 aliphatic rings. The van der Waals surface area contributed by atoms with E-state index >= 15 is 0 Å². The van der Waals surface area contributed by atoms with Gasteiger partial charge in [0.15, 0.2) is 11.4 Å². The molecule has 2 aromatic heterocycles. The largest absolute Gasteiger partial charge is 0.379 e. The Hall–Kier alpha value is -1.78. The van der Waals surface area contributed by atoms with Gasteiger partial charge in [0.05, 0.1) is 12.7 Å². The molecule has 136 valence electrons. The minimum Gasteiger partial charge on any atom is -0.379 e. The Balaban J connectivity index is 1.55. The predicted molar refractivity (Wildman–Crippen MR) is 86.2 cm³/mol. The predicted octanol–water partition coefficient (Wildman–Crippen LogP) is 1.01. The van der Waals surface area contributed by atoms with Gasteiger partial charge in [0.1, 0.15) is 4.90 Å². The second-order valence-electron chi connectivity index (χ2n) is 7.10. The van der Waals surface area contributed by atoms with Crippen molar-refractivity contribution in [1.29, 1.82) is 0 Å². The van der Waals surface area contributed by atoms with E-state index < -0.39 is 15.6 Å². The van der Waals surface area contributed by atoms with Crippen molar-refractivity contribution in [3.8, 4) is 0 Å². The third-order valence-corrected chi connectivity index (χ3v) is 6.54. The van der Waals surface area contributed by atoms with Crippen molar-refractivity contribution in [1.82, 2.24) is 24.2 Å². The summed E-state index contributed by atoms with van der Waals surface area (Å²) < 4.78 is 33.7. The molecule has 10 heteroatoms. The number of nitrogens with zero attached hydrogens (tertiary/aromatic N) is 5. The van der Waals surface area contributed by atoms with E-state index in [1.54, 1.807) is 4.68 Å². The Labute approximate surface area is 145 Å². The molecule has 2 fully saturated rings. The van der Waals surface area contributed by atoms with Gasteiger partial charge < -0.3 is 9.63 Å². The van der Waals surface area contributed by atoms with Crippen molar-refractivity contribution in [3.63, 3.8) is 0 Å². The van der Waals surface area contributed by atoms with Crippen molar-refractivity contribution in [2.75, 3.05) is 13.1 Å². The lowest BCUT2D eigenvalue weighted by atomic mass is 10.0. The molecule has 1 saturated heterocycles. The SMILES string of the molecule is CC(C)n1cc(S(=O)(=O)N2CC[C@](O)(c3nc(C4CC4)no3)C2)cn1. The highest BCUT2D eigenvalue weighted by Crippen LogP contribution is 2.40. The molecule has 3 heterocycles. The number of aromatic nitrogens is 4. The van der Waals surface area contributed by atoms with Gasteiger partial charge in [0.2, 0.25) is 10.0 Å². The fourth-order valence-electron chi connectivity index (χ4n) is 2.96. The van der Waals surface area contributed by atoms with Crippen LogP contribution in [0.25, 0.3) is 0 Å². The average molecular weight is 367 g/mol. The highest BCUT2D eigenvalue weighted by molar-refractivity contribution is 7.89. The minimum absolute atomic E-state index is 0.0682. The first kappa shape index (κ1) is 16.7. The lowest BCUT2D eigenvalue weighted by molar-refractivity contribution is 0.0194. The van der Waals surface area contributed by atoms with Gasteiger partial charge in [-0.15, -0.1) is 0 Å². The standard InChI is InChI=1S/C15H21N5O4S/c1-10(2)20-8-12(7-16-20)25(22,23)19-6-5-15(21,9-19)14-17-13(18-24-14)11-3-4-11/h7-8,10-11,21H,3-6,9H2,1-2H3/t15-/m1/s1. The minimum atomic E-state index is -3.73. The van der Waals surface area contributed by atoms with Crippen LogP contribution in [0.3, 0.4) is 0 Å². The number of hydrogen-bond acceptors (Lipinski definition) is 7. The number of hydrogen-bond donors (Lipinski definition) is 1. The van der Waals surface area contributed by atoms with E-state index in [4.69, 9.17) is 4.52 Å². The maximum atomic E-state index is 12.8. The Morgan fingerprint density at radius 3 is 2.80 bits per heavy atom. The zero-order valence-electron chi connectivity index (χ0n) is 14.2. The van der Waals surface area contributed by atoms with Gasteiger partial charge in [-0.05, 0) is 26.7 Å². The molecule has 1 saturated carbocycles. The molecular weight excluding hydrogens is 346 g/mol. The lowest BCUT2D eigenvalue weighted by Gasteiger charge is -2.19. The van der Waals surface area contributed by atoms with Gasteiger partial charge in [0, 0.05) is 31.1 Å². The van der Waals surface area contributed by atoms with Crippen LogP contribution in [-0.4, -0.2) is 50.8 Å². The van der Waals surface area contributed by atoms with E-state index in [0.29, 0.717) is 11.7 Å². The average Bonchev–Trinajstić information content (AvgIpc) is 3.01. The molecule has 0 spiro atoms. The van der Waals surface area contributed by atoms with E-state index in [0.717, 1.165) is 12.8 Å². The van der Waals surface area contributed by atoms with Crippen LogP contribution in [0, 0.1) is 0 Å². The van der Waals surface area contributed by atoms with E-state index in [1.807, 2.05) is 13.8 Å². The van der Waals surface area contributed by atoms with Gasteiger partial charge in [0.25, 0.3) is 5.89 Å². The lowest BCUT2D eigenvalue weighted by Crippen LogP contribution is -2.34. The van der Waals surface area contributed by atoms with E-state index in [1.165, 1.54) is 16.7 Å². The number of rotatable bonds is 5. The molecule has 0 aromatic carbocycles. The summed E-state index contributed by atoms with van der Waals surface area (Å²) in [5.74, 6) is 1.01. The van der Waals surface area contributed by atoms with Crippen LogP contribution in [0.1, 0.15) is 56.8 Å². The van der Waals surface area contributed by atoms with Crippen LogP contribution in [0.4, 0.5) is 0 Å². The van der Waals surface area contributed by atoms with Gasteiger partial charge in [-0.1, -0.05) is 5.16 Å². The summed E-state index contributed by atoms with van der Waals surface area (Å²) >= 11 is 0. The molecular formula is C15H21N5O4S. The van der Waals surface area contributed by atoms with Gasteiger partial charge in [-0.2, -0.15) is 14.4 Å². The van der Waals surface area contributed by atoms with Crippen molar-refractivity contribution < 1.29 is 18.0 Å². The number of β-amino-alcohol motifs (C(OH)–C–C–N with tert-alkyl or cyclic N) is 1. The third-order valence-electron chi connectivity index (χ3n) is 4.74. The summed E-state index contributed by atoms with van der Waals surface area (Å²) in [5.41, 5.74) is -1.44. The molecule has 1 aliphatic heterocycles. The van der Waals surface area contributed by atoms with E-state index in [9.17, 15) is 13.5 Å². The first-order valence-electron chi connectivity index (χ1n) is 8.40. The van der Waals surface area contributed by atoms with Crippen molar-refractivity contribution in [3.05, 3.63) is 24.1 Å². The molecule has 0 radical (unpaired) electrons. The van der Waals surface area contributed by atoms with Gasteiger partial charge in [-0.25, -0.2) is 8.42 Å². The summed E-state index contributed by atoms with van der Waals surface area (Å²) in [5, 5.41) is 18.8. The van der Waals surface area contributed by atoms with Crippen LogP contribution >= 0.6 is 0 Å². The number of sulfonamides is 1. The zero-order valence-corrected chi connectivity index (χ0v) is 15.0. The Morgan fingerprint density at radius 1 is 1.40 bits per heavy atom. The summed E-state index contributed by atoms with van der Waals surface area (Å²) in [6, 6.07) is 0.0682. The van der Waals surface area contributed by atoms with E-state index in [2.05, 4.69) is 15.2 Å². The molecule has 25 heavy (non-hydrogen) atoms. The monoisotopic (exact) mass is 367 g/mol. The zero-order chi connectivity index (χ0) is 17.8. The molecule has 1 aliphatic carbocycles. The Bertz CT molecular complexity index is 885. The third kappa shape index (κ3) is 2.87. The molecule has 1 N–H and O–H groups in total. The second-order valence-corrected chi connectivity index (χ2v) is 9.04. The second kappa shape index (κ2) is 5.61. The Kier molecular flexibility index (Phi) is 3.74. The molecule has 0 bridgehead atoms. The van der Waals surface area contributed by atoms with Crippen LogP contribution in [0.15, 0.2) is 21.8 Å². The maximum absolute atomic E-state index is 12.8. The molecule has 0 amide bonds. The van der Waals surface area contributed by atoms with Crippen molar-refractivity contribution in [2.45, 2.75) is 55.6 Å². The van der Waals surface area contributed by atoms with Crippen LogP contribution < -0.4 is 0 Å².